The van der Waals surface area contributed by atoms with Crippen LogP contribution in [0.4, 0.5) is 18.9 Å². The number of aryl methyl sites for hydroxylation is 1. The number of carbonyl (C=O) groups is 2. The van der Waals surface area contributed by atoms with Crippen LogP contribution in [0.3, 0.4) is 0 Å². The van der Waals surface area contributed by atoms with Crippen LogP contribution >= 0.6 is 11.8 Å². The number of alkyl halides is 3. The Morgan fingerprint density at radius 2 is 1.76 bits per heavy atom. The molecule has 5 nitrogen and oxygen atoms in total. The highest BCUT2D eigenvalue weighted by molar-refractivity contribution is 8.00. The van der Waals surface area contributed by atoms with Crippen molar-refractivity contribution in [2.45, 2.75) is 13.1 Å². The quantitative estimate of drug-likeness (QED) is 0.598. The second-order valence-corrected chi connectivity index (χ2v) is 7.12. The maximum atomic E-state index is 12.6. The Morgan fingerprint density at radius 1 is 1.03 bits per heavy atom. The molecule has 2 aromatic carbocycles. The standard InChI is InChI=1S/C20H21F3N2O3S/c1-14-4-2-6-16(10-14)25-19(27)13-29-12-18(26)24-8-9-28-17-7-3-5-15(11-17)20(21,22)23/h2-7,10-11H,8-9,12-13H2,1H3,(H,24,26)(H,25,27). The molecule has 0 saturated heterocycles. The first kappa shape index (κ1) is 22.6. The number of ether oxygens (including phenoxy) is 1. The fourth-order valence-electron chi connectivity index (χ4n) is 2.33. The summed E-state index contributed by atoms with van der Waals surface area (Å²) in [6, 6.07) is 11.9. The van der Waals surface area contributed by atoms with Crippen molar-refractivity contribution in [3.63, 3.8) is 0 Å². The third kappa shape index (κ3) is 8.47. The SMILES string of the molecule is Cc1cccc(NC(=O)CSCC(=O)NCCOc2cccc(C(F)(F)F)c2)c1. The molecular formula is C20H21F3N2O3S. The van der Waals surface area contributed by atoms with Gasteiger partial charge in [0.2, 0.25) is 11.8 Å². The molecule has 0 aliphatic heterocycles. The molecule has 2 aromatic rings. The van der Waals surface area contributed by atoms with E-state index in [-0.39, 0.29) is 42.2 Å². The second-order valence-electron chi connectivity index (χ2n) is 6.13. The van der Waals surface area contributed by atoms with Gasteiger partial charge < -0.3 is 15.4 Å². The van der Waals surface area contributed by atoms with Crippen molar-refractivity contribution in [2.75, 3.05) is 30.0 Å². The van der Waals surface area contributed by atoms with Crippen LogP contribution in [0.5, 0.6) is 5.75 Å². The smallest absolute Gasteiger partial charge is 0.416 e. The van der Waals surface area contributed by atoms with E-state index in [1.165, 1.54) is 12.1 Å². The van der Waals surface area contributed by atoms with Gasteiger partial charge in [0.15, 0.2) is 0 Å². The lowest BCUT2D eigenvalue weighted by molar-refractivity contribution is -0.137. The van der Waals surface area contributed by atoms with Crippen LogP contribution < -0.4 is 15.4 Å². The summed E-state index contributed by atoms with van der Waals surface area (Å²) >= 11 is 1.16. The van der Waals surface area contributed by atoms with Crippen LogP contribution in [-0.2, 0) is 15.8 Å². The number of thioether (sulfide) groups is 1. The Labute approximate surface area is 171 Å². The van der Waals surface area contributed by atoms with Gasteiger partial charge in [-0.1, -0.05) is 18.2 Å². The zero-order valence-corrected chi connectivity index (χ0v) is 16.5. The summed E-state index contributed by atoms with van der Waals surface area (Å²) in [4.78, 5) is 23.6. The van der Waals surface area contributed by atoms with Crippen molar-refractivity contribution >= 4 is 29.3 Å². The van der Waals surface area contributed by atoms with Gasteiger partial charge in [0.1, 0.15) is 12.4 Å². The van der Waals surface area contributed by atoms with Gasteiger partial charge in [-0.2, -0.15) is 13.2 Å². The molecule has 0 saturated carbocycles. The van der Waals surface area contributed by atoms with E-state index in [9.17, 15) is 22.8 Å². The van der Waals surface area contributed by atoms with E-state index >= 15 is 0 Å². The Morgan fingerprint density at radius 3 is 2.48 bits per heavy atom. The van der Waals surface area contributed by atoms with Gasteiger partial charge in [0.25, 0.3) is 0 Å². The van der Waals surface area contributed by atoms with Gasteiger partial charge in [0.05, 0.1) is 23.6 Å². The first-order chi connectivity index (χ1) is 13.7. The zero-order valence-electron chi connectivity index (χ0n) is 15.7. The van der Waals surface area contributed by atoms with Gasteiger partial charge in [-0.15, -0.1) is 11.8 Å². The Kier molecular flexibility index (Phi) is 8.38. The highest BCUT2D eigenvalue weighted by Crippen LogP contribution is 2.31. The molecule has 29 heavy (non-hydrogen) atoms. The van der Waals surface area contributed by atoms with Crippen LogP contribution in [0.25, 0.3) is 0 Å². The lowest BCUT2D eigenvalue weighted by atomic mass is 10.2. The topological polar surface area (TPSA) is 67.4 Å². The van der Waals surface area contributed by atoms with Crippen molar-refractivity contribution < 1.29 is 27.5 Å². The molecule has 0 fully saturated rings. The number of halogens is 3. The fourth-order valence-corrected chi connectivity index (χ4v) is 2.98. The minimum absolute atomic E-state index is 0.0333. The summed E-state index contributed by atoms with van der Waals surface area (Å²) in [7, 11) is 0. The fraction of sp³-hybridized carbons (Fsp3) is 0.300. The summed E-state index contributed by atoms with van der Waals surface area (Å²) in [6.45, 7) is 2.10. The predicted octanol–water partition coefficient (Wildman–Crippen LogP) is 3.88. The van der Waals surface area contributed by atoms with Gasteiger partial charge in [0, 0.05) is 5.69 Å². The maximum absolute atomic E-state index is 12.6. The Bertz CT molecular complexity index is 844. The van der Waals surface area contributed by atoms with Crippen molar-refractivity contribution in [1.82, 2.24) is 5.32 Å². The first-order valence-corrected chi connectivity index (χ1v) is 9.90. The second kappa shape index (κ2) is 10.8. The first-order valence-electron chi connectivity index (χ1n) is 8.75. The van der Waals surface area contributed by atoms with Crippen LogP contribution in [0, 0.1) is 6.92 Å². The number of hydrogen-bond acceptors (Lipinski definition) is 4. The third-order valence-electron chi connectivity index (χ3n) is 3.62. The van der Waals surface area contributed by atoms with Crippen LogP contribution in [-0.4, -0.2) is 36.5 Å². The lowest BCUT2D eigenvalue weighted by Gasteiger charge is -2.11. The van der Waals surface area contributed by atoms with Crippen molar-refractivity contribution in [3.05, 3.63) is 59.7 Å². The molecule has 0 heterocycles. The molecule has 2 N–H and O–H groups in total. The number of nitrogens with one attached hydrogen (secondary N) is 2. The van der Waals surface area contributed by atoms with E-state index in [1.54, 1.807) is 6.07 Å². The molecule has 0 aliphatic carbocycles. The number of carbonyl (C=O) groups excluding carboxylic acids is 2. The highest BCUT2D eigenvalue weighted by atomic mass is 32.2. The van der Waals surface area contributed by atoms with Crippen LogP contribution in [0.1, 0.15) is 11.1 Å². The molecule has 2 rings (SSSR count). The van der Waals surface area contributed by atoms with Gasteiger partial charge >= 0.3 is 6.18 Å². The van der Waals surface area contributed by atoms with E-state index < -0.39 is 11.7 Å². The molecule has 156 valence electrons. The molecule has 2 amide bonds. The van der Waals surface area contributed by atoms with E-state index in [4.69, 9.17) is 4.74 Å². The molecule has 9 heteroatoms. The zero-order chi connectivity index (χ0) is 21.3. The highest BCUT2D eigenvalue weighted by Gasteiger charge is 2.30. The molecular weight excluding hydrogens is 405 g/mol. The number of hydrogen-bond donors (Lipinski definition) is 2. The molecule has 0 aromatic heterocycles. The number of anilines is 1. The minimum atomic E-state index is -4.43. The normalized spacial score (nSPS) is 11.0. The molecule has 0 atom stereocenters. The van der Waals surface area contributed by atoms with Crippen molar-refractivity contribution in [1.29, 1.82) is 0 Å². The molecule has 0 spiro atoms. The number of benzene rings is 2. The Hall–Kier alpha value is -2.68. The summed E-state index contributed by atoms with van der Waals surface area (Å²) in [6.07, 6.45) is -4.43. The van der Waals surface area contributed by atoms with E-state index in [0.717, 1.165) is 29.5 Å². The van der Waals surface area contributed by atoms with E-state index in [2.05, 4.69) is 10.6 Å². The summed E-state index contributed by atoms with van der Waals surface area (Å²) in [5.74, 6) is -0.198. The molecule has 0 radical (unpaired) electrons. The minimum Gasteiger partial charge on any atom is -0.492 e. The number of amides is 2. The molecule has 0 unspecified atom stereocenters. The van der Waals surface area contributed by atoms with Crippen molar-refractivity contribution in [2.24, 2.45) is 0 Å². The maximum Gasteiger partial charge on any atom is 0.416 e. The molecule has 0 bridgehead atoms. The van der Waals surface area contributed by atoms with Gasteiger partial charge in [-0.05, 0) is 42.8 Å². The third-order valence-corrected chi connectivity index (χ3v) is 4.56. The van der Waals surface area contributed by atoms with Crippen LogP contribution in [0.2, 0.25) is 0 Å². The predicted molar refractivity (Wildman–Crippen MR) is 107 cm³/mol. The largest absolute Gasteiger partial charge is 0.492 e. The Balaban J connectivity index is 1.61. The lowest BCUT2D eigenvalue weighted by Crippen LogP contribution is -2.30. The van der Waals surface area contributed by atoms with E-state index in [1.807, 2.05) is 25.1 Å². The monoisotopic (exact) mass is 426 g/mol. The summed E-state index contributed by atoms with van der Waals surface area (Å²) < 4.78 is 43.1. The van der Waals surface area contributed by atoms with Crippen LogP contribution in [0.15, 0.2) is 48.5 Å². The summed E-state index contributed by atoms with van der Waals surface area (Å²) in [5, 5.41) is 5.34. The van der Waals surface area contributed by atoms with E-state index in [0.29, 0.717) is 5.69 Å². The average molecular weight is 426 g/mol. The average Bonchev–Trinajstić information content (AvgIpc) is 2.65. The van der Waals surface area contributed by atoms with Crippen molar-refractivity contribution in [3.8, 4) is 5.75 Å². The van der Waals surface area contributed by atoms with Gasteiger partial charge in [-0.25, -0.2) is 0 Å². The number of rotatable bonds is 9. The molecule has 0 aliphatic rings. The summed E-state index contributed by atoms with van der Waals surface area (Å²) in [5.41, 5.74) is 0.938. The van der Waals surface area contributed by atoms with Gasteiger partial charge in [-0.3, -0.25) is 9.59 Å².